The summed E-state index contributed by atoms with van der Waals surface area (Å²) in [5, 5.41) is 10.2. The first-order valence-electron chi connectivity index (χ1n) is 9.71. The Bertz CT molecular complexity index is 1250. The number of carbonyl (C=O) groups is 3. The van der Waals surface area contributed by atoms with E-state index in [0.29, 0.717) is 22.7 Å². The third kappa shape index (κ3) is 2.90. The topological polar surface area (TPSA) is 87.2 Å². The molecule has 2 aliphatic rings. The molecular weight excluding hydrogens is 396 g/mol. The molecule has 0 fully saturated rings. The predicted molar refractivity (Wildman–Crippen MR) is 112 cm³/mol. The van der Waals surface area contributed by atoms with Crippen molar-refractivity contribution in [3.8, 4) is 11.5 Å². The van der Waals surface area contributed by atoms with Gasteiger partial charge < -0.3 is 14.7 Å². The molecule has 0 radical (unpaired) electrons. The normalized spacial score (nSPS) is 17.3. The quantitative estimate of drug-likeness (QED) is 0.661. The molecule has 2 heterocycles. The summed E-state index contributed by atoms with van der Waals surface area (Å²) < 4.78 is 5.80. The zero-order chi connectivity index (χ0) is 21.9. The van der Waals surface area contributed by atoms with Crippen LogP contribution in [0.25, 0.3) is 0 Å². The fourth-order valence-corrected chi connectivity index (χ4v) is 3.85. The van der Waals surface area contributed by atoms with Crippen LogP contribution in [0.1, 0.15) is 48.4 Å². The van der Waals surface area contributed by atoms with Gasteiger partial charge in [-0.05, 0) is 55.5 Å². The number of benzene rings is 3. The van der Waals surface area contributed by atoms with Gasteiger partial charge in [0.1, 0.15) is 11.5 Å². The minimum atomic E-state index is -1.14. The Balaban J connectivity index is 1.43. The lowest BCUT2D eigenvalue weighted by atomic mass is 10.0. The van der Waals surface area contributed by atoms with E-state index in [1.165, 1.54) is 24.1 Å². The zero-order valence-corrected chi connectivity index (χ0v) is 16.8. The summed E-state index contributed by atoms with van der Waals surface area (Å²) in [5.41, 5.74) is 2.41. The van der Waals surface area contributed by atoms with Crippen LogP contribution < -0.4 is 9.64 Å². The molecule has 0 aliphatic carbocycles. The molecule has 5 rings (SSSR count). The van der Waals surface area contributed by atoms with E-state index in [-0.39, 0.29) is 22.6 Å². The molecule has 3 aromatic carbocycles. The number of rotatable bonds is 3. The molecule has 31 heavy (non-hydrogen) atoms. The van der Waals surface area contributed by atoms with Gasteiger partial charge in [0.25, 0.3) is 17.7 Å². The van der Waals surface area contributed by atoms with Gasteiger partial charge in [-0.3, -0.25) is 14.4 Å². The molecule has 3 amide bonds. The SMILES string of the molecule is Cc1ccc(Oc2ccc(N3C(=O)c4cc5c(cc4C3=O)C(O)N(C)C5=O)cc2)cc1. The Hall–Kier alpha value is -3.97. The summed E-state index contributed by atoms with van der Waals surface area (Å²) in [6, 6.07) is 17.1. The van der Waals surface area contributed by atoms with Crippen molar-refractivity contribution in [1.82, 2.24) is 4.90 Å². The fourth-order valence-electron chi connectivity index (χ4n) is 3.85. The first-order valence-corrected chi connectivity index (χ1v) is 9.71. The smallest absolute Gasteiger partial charge is 0.266 e. The molecule has 7 nitrogen and oxygen atoms in total. The Morgan fingerprint density at radius 2 is 1.32 bits per heavy atom. The highest BCUT2D eigenvalue weighted by Gasteiger charge is 2.41. The highest BCUT2D eigenvalue weighted by atomic mass is 16.5. The van der Waals surface area contributed by atoms with Crippen LogP contribution >= 0.6 is 0 Å². The third-order valence-corrected chi connectivity index (χ3v) is 5.60. The Labute approximate surface area is 178 Å². The van der Waals surface area contributed by atoms with E-state index in [1.54, 1.807) is 24.3 Å². The molecule has 154 valence electrons. The van der Waals surface area contributed by atoms with Gasteiger partial charge in [0.15, 0.2) is 6.23 Å². The second-order valence-corrected chi connectivity index (χ2v) is 7.63. The van der Waals surface area contributed by atoms with Crippen LogP contribution in [0.4, 0.5) is 5.69 Å². The van der Waals surface area contributed by atoms with Crippen molar-refractivity contribution in [1.29, 1.82) is 0 Å². The minimum Gasteiger partial charge on any atom is -0.457 e. The van der Waals surface area contributed by atoms with Crippen LogP contribution in [-0.2, 0) is 0 Å². The molecule has 1 N–H and O–H groups in total. The third-order valence-electron chi connectivity index (χ3n) is 5.60. The van der Waals surface area contributed by atoms with E-state index in [0.717, 1.165) is 10.5 Å². The number of aliphatic hydroxyl groups is 1. The molecular formula is C24H18N2O5. The van der Waals surface area contributed by atoms with Gasteiger partial charge in [-0.2, -0.15) is 0 Å². The maximum absolute atomic E-state index is 13.0. The highest BCUT2D eigenvalue weighted by Crippen LogP contribution is 2.37. The molecule has 1 unspecified atom stereocenters. The minimum absolute atomic E-state index is 0.152. The molecule has 0 saturated heterocycles. The van der Waals surface area contributed by atoms with E-state index in [2.05, 4.69) is 0 Å². The van der Waals surface area contributed by atoms with Crippen molar-refractivity contribution >= 4 is 23.4 Å². The first-order chi connectivity index (χ1) is 14.8. The molecule has 0 bridgehead atoms. The molecule has 0 aromatic heterocycles. The number of fused-ring (bicyclic) bond motifs is 2. The van der Waals surface area contributed by atoms with Crippen molar-refractivity contribution in [2.45, 2.75) is 13.2 Å². The van der Waals surface area contributed by atoms with Crippen molar-refractivity contribution in [2.75, 3.05) is 11.9 Å². The van der Waals surface area contributed by atoms with Gasteiger partial charge >= 0.3 is 0 Å². The molecule has 7 heteroatoms. The monoisotopic (exact) mass is 414 g/mol. The number of carbonyl (C=O) groups excluding carboxylic acids is 3. The second-order valence-electron chi connectivity index (χ2n) is 7.63. The van der Waals surface area contributed by atoms with Crippen LogP contribution in [0.3, 0.4) is 0 Å². The number of aryl methyl sites for hydroxylation is 1. The second kappa shape index (κ2) is 6.78. The van der Waals surface area contributed by atoms with Gasteiger partial charge in [0, 0.05) is 18.2 Å². The number of anilines is 1. The van der Waals surface area contributed by atoms with Crippen molar-refractivity contribution in [2.24, 2.45) is 0 Å². The highest BCUT2D eigenvalue weighted by molar-refractivity contribution is 6.35. The maximum atomic E-state index is 13.0. The number of ether oxygens (including phenoxy) is 1. The Kier molecular flexibility index (Phi) is 4.16. The van der Waals surface area contributed by atoms with Crippen LogP contribution in [0, 0.1) is 6.92 Å². The average Bonchev–Trinajstić information content (AvgIpc) is 3.14. The van der Waals surface area contributed by atoms with E-state index >= 15 is 0 Å². The standard InChI is InChI=1S/C24H18N2O5/c1-13-3-7-15(8-4-13)31-16-9-5-14(6-10-16)26-23(29)19-11-17-18(12-20(19)24(26)30)22(28)25(2)21(17)27/h3-12,21,27H,1-2H3. The summed E-state index contributed by atoms with van der Waals surface area (Å²) in [5.74, 6) is -0.139. The summed E-state index contributed by atoms with van der Waals surface area (Å²) >= 11 is 0. The van der Waals surface area contributed by atoms with Gasteiger partial charge in [0.05, 0.1) is 16.8 Å². The van der Waals surface area contributed by atoms with E-state index in [1.807, 2.05) is 31.2 Å². The Morgan fingerprint density at radius 3 is 1.94 bits per heavy atom. The first kappa shape index (κ1) is 19.0. The lowest BCUT2D eigenvalue weighted by molar-refractivity contribution is 0.0301. The number of amides is 3. The average molecular weight is 414 g/mol. The van der Waals surface area contributed by atoms with Crippen molar-refractivity contribution in [3.05, 3.63) is 88.5 Å². The van der Waals surface area contributed by atoms with E-state index < -0.39 is 18.0 Å². The van der Waals surface area contributed by atoms with E-state index in [4.69, 9.17) is 4.74 Å². The number of nitrogens with zero attached hydrogens (tertiary/aromatic N) is 2. The lowest BCUT2D eigenvalue weighted by Crippen LogP contribution is -2.29. The molecule has 1 atom stereocenters. The fraction of sp³-hybridized carbons (Fsp3) is 0.125. The van der Waals surface area contributed by atoms with Gasteiger partial charge in [-0.25, -0.2) is 4.90 Å². The molecule has 0 spiro atoms. The molecule has 2 aliphatic heterocycles. The molecule has 3 aromatic rings. The van der Waals surface area contributed by atoms with Crippen molar-refractivity contribution in [3.63, 3.8) is 0 Å². The van der Waals surface area contributed by atoms with Crippen LogP contribution in [0.2, 0.25) is 0 Å². The van der Waals surface area contributed by atoms with Crippen molar-refractivity contribution < 1.29 is 24.2 Å². The van der Waals surface area contributed by atoms with Crippen LogP contribution in [0.5, 0.6) is 11.5 Å². The number of imide groups is 1. The van der Waals surface area contributed by atoms with Gasteiger partial charge in [-0.1, -0.05) is 17.7 Å². The Morgan fingerprint density at radius 1 is 0.774 bits per heavy atom. The largest absolute Gasteiger partial charge is 0.457 e. The number of aliphatic hydroxyl groups excluding tert-OH is 1. The number of hydrogen-bond donors (Lipinski definition) is 1. The lowest BCUT2D eigenvalue weighted by Gasteiger charge is -2.15. The maximum Gasteiger partial charge on any atom is 0.266 e. The summed E-state index contributed by atoms with van der Waals surface area (Å²) in [6.07, 6.45) is -1.14. The van der Waals surface area contributed by atoms with E-state index in [9.17, 15) is 19.5 Å². The van der Waals surface area contributed by atoms with Crippen LogP contribution in [0.15, 0.2) is 60.7 Å². The summed E-state index contributed by atoms with van der Waals surface area (Å²) in [6.45, 7) is 1.99. The summed E-state index contributed by atoms with van der Waals surface area (Å²) in [7, 11) is 1.47. The summed E-state index contributed by atoms with van der Waals surface area (Å²) in [4.78, 5) is 40.5. The zero-order valence-electron chi connectivity index (χ0n) is 16.8. The molecule has 0 saturated carbocycles. The predicted octanol–water partition coefficient (Wildman–Crippen LogP) is 3.66. The van der Waals surface area contributed by atoms with Gasteiger partial charge in [0.2, 0.25) is 0 Å². The number of hydrogen-bond acceptors (Lipinski definition) is 5. The van der Waals surface area contributed by atoms with Gasteiger partial charge in [-0.15, -0.1) is 0 Å². The van der Waals surface area contributed by atoms with Crippen LogP contribution in [-0.4, -0.2) is 34.8 Å².